The van der Waals surface area contributed by atoms with E-state index in [-0.39, 0.29) is 6.10 Å². The normalized spacial score (nSPS) is 18.1. The van der Waals surface area contributed by atoms with Crippen molar-refractivity contribution in [3.63, 3.8) is 0 Å². The van der Waals surface area contributed by atoms with E-state index in [1.807, 2.05) is 0 Å². The molecule has 1 aliphatic carbocycles. The molecule has 0 spiro atoms. The molecule has 0 bridgehead atoms. The molecule has 1 unspecified atom stereocenters. The summed E-state index contributed by atoms with van der Waals surface area (Å²) in [6.07, 6.45) is 6.00. The fourth-order valence-corrected chi connectivity index (χ4v) is 3.22. The summed E-state index contributed by atoms with van der Waals surface area (Å²) in [5.74, 6) is 0.680. The monoisotopic (exact) mass is 275 g/mol. The summed E-state index contributed by atoms with van der Waals surface area (Å²) in [4.78, 5) is 2.33. The Hall–Kier alpha value is -0.860. The van der Waals surface area contributed by atoms with Crippen LogP contribution in [0.5, 0.6) is 0 Å². The fraction of sp³-hybridized carbons (Fsp3) is 0.667. The van der Waals surface area contributed by atoms with Gasteiger partial charge in [0.2, 0.25) is 0 Å². The zero-order valence-electron chi connectivity index (χ0n) is 13.2. The Balaban J connectivity index is 1.89. The molecule has 1 aliphatic rings. The minimum atomic E-state index is -0.367. The predicted octanol–water partition coefficient (Wildman–Crippen LogP) is 3.79. The van der Waals surface area contributed by atoms with Gasteiger partial charge >= 0.3 is 0 Å². The molecule has 0 amide bonds. The van der Waals surface area contributed by atoms with Crippen molar-refractivity contribution in [2.75, 3.05) is 13.6 Å². The van der Waals surface area contributed by atoms with Crippen molar-refractivity contribution in [1.82, 2.24) is 4.90 Å². The van der Waals surface area contributed by atoms with Crippen LogP contribution in [0.1, 0.15) is 56.8 Å². The number of nitrogens with zero attached hydrogens (tertiary/aromatic N) is 1. The number of hydrogen-bond acceptors (Lipinski definition) is 2. The number of aliphatic hydroxyl groups excluding tert-OH is 1. The number of likely N-dealkylation sites (N-methyl/N-ethyl adjacent to an activating group) is 1. The van der Waals surface area contributed by atoms with Crippen LogP contribution in [0.4, 0.5) is 0 Å². The molecule has 20 heavy (non-hydrogen) atoms. The van der Waals surface area contributed by atoms with Gasteiger partial charge in [0.1, 0.15) is 0 Å². The van der Waals surface area contributed by atoms with E-state index in [0.29, 0.717) is 12.0 Å². The maximum atomic E-state index is 10.4. The van der Waals surface area contributed by atoms with E-state index in [4.69, 9.17) is 0 Å². The molecule has 2 heteroatoms. The largest absolute Gasteiger partial charge is 0.387 e. The van der Waals surface area contributed by atoms with Gasteiger partial charge in [-0.15, -0.1) is 0 Å². The van der Waals surface area contributed by atoms with Crippen molar-refractivity contribution in [2.24, 2.45) is 5.92 Å². The summed E-state index contributed by atoms with van der Waals surface area (Å²) in [6.45, 7) is 5.22. The Kier molecular flexibility index (Phi) is 5.62. The highest BCUT2D eigenvalue weighted by molar-refractivity contribution is 5.24. The molecule has 2 rings (SSSR count). The fourth-order valence-electron chi connectivity index (χ4n) is 3.22. The first-order chi connectivity index (χ1) is 9.56. The third-order valence-corrected chi connectivity index (χ3v) is 4.42. The van der Waals surface area contributed by atoms with E-state index in [1.54, 1.807) is 0 Å². The number of benzene rings is 1. The lowest BCUT2D eigenvalue weighted by atomic mass is 10.00. The molecule has 1 aromatic carbocycles. The summed E-state index contributed by atoms with van der Waals surface area (Å²) in [5, 5.41) is 10.4. The van der Waals surface area contributed by atoms with Crippen LogP contribution in [-0.2, 0) is 6.42 Å². The molecule has 0 aromatic heterocycles. The van der Waals surface area contributed by atoms with E-state index in [0.717, 1.165) is 18.5 Å². The molecule has 0 saturated heterocycles. The molecule has 112 valence electrons. The van der Waals surface area contributed by atoms with Gasteiger partial charge in [0.25, 0.3) is 0 Å². The highest BCUT2D eigenvalue weighted by Crippen LogP contribution is 2.24. The molecule has 1 fully saturated rings. The average Bonchev–Trinajstić information content (AvgIpc) is 2.92. The molecule has 0 aliphatic heterocycles. The smallest absolute Gasteiger partial charge is 0.0916 e. The summed E-state index contributed by atoms with van der Waals surface area (Å²) in [7, 11) is 2.15. The Morgan fingerprint density at radius 2 is 1.75 bits per heavy atom. The molecular weight excluding hydrogens is 246 g/mol. The van der Waals surface area contributed by atoms with E-state index >= 15 is 0 Å². The molecule has 1 aromatic rings. The van der Waals surface area contributed by atoms with Crippen molar-refractivity contribution in [1.29, 1.82) is 0 Å². The zero-order valence-corrected chi connectivity index (χ0v) is 13.2. The number of aliphatic hydroxyl groups is 1. The first-order valence-electron chi connectivity index (χ1n) is 8.03. The number of hydrogen-bond donors (Lipinski definition) is 1. The summed E-state index contributed by atoms with van der Waals surface area (Å²) < 4.78 is 0. The molecular formula is C18H29NO. The van der Waals surface area contributed by atoms with Gasteiger partial charge in [-0.3, -0.25) is 0 Å². The van der Waals surface area contributed by atoms with Gasteiger partial charge in [-0.25, -0.2) is 0 Å². The lowest BCUT2D eigenvalue weighted by Gasteiger charge is -2.26. The molecule has 2 nitrogen and oxygen atoms in total. The van der Waals surface area contributed by atoms with Crippen LogP contribution in [0, 0.1) is 5.92 Å². The van der Waals surface area contributed by atoms with E-state index < -0.39 is 0 Å². The Bertz CT molecular complexity index is 392. The van der Waals surface area contributed by atoms with Crippen LogP contribution in [0.25, 0.3) is 0 Å². The quantitative estimate of drug-likeness (QED) is 0.853. The summed E-state index contributed by atoms with van der Waals surface area (Å²) >= 11 is 0. The first kappa shape index (κ1) is 15.5. The van der Waals surface area contributed by atoms with Crippen molar-refractivity contribution in [3.8, 4) is 0 Å². The second-order valence-corrected chi connectivity index (χ2v) is 6.73. The van der Waals surface area contributed by atoms with Crippen LogP contribution >= 0.6 is 0 Å². The van der Waals surface area contributed by atoms with E-state index in [2.05, 4.69) is 50.1 Å². The van der Waals surface area contributed by atoms with Gasteiger partial charge in [-0.05, 0) is 43.4 Å². The molecule has 1 atom stereocenters. The van der Waals surface area contributed by atoms with Crippen molar-refractivity contribution in [2.45, 2.75) is 58.1 Å². The molecule has 1 N–H and O–H groups in total. The summed E-state index contributed by atoms with van der Waals surface area (Å²) in [5.41, 5.74) is 2.41. The molecule has 0 heterocycles. The van der Waals surface area contributed by atoms with Crippen molar-refractivity contribution >= 4 is 0 Å². The maximum Gasteiger partial charge on any atom is 0.0916 e. The van der Waals surface area contributed by atoms with Crippen LogP contribution in [0.3, 0.4) is 0 Å². The highest BCUT2D eigenvalue weighted by atomic mass is 16.3. The minimum Gasteiger partial charge on any atom is -0.387 e. The molecule has 1 saturated carbocycles. The minimum absolute atomic E-state index is 0.367. The summed E-state index contributed by atoms with van der Waals surface area (Å²) in [6, 6.07) is 9.17. The Labute approximate surface area is 123 Å². The van der Waals surface area contributed by atoms with Crippen LogP contribution in [0.2, 0.25) is 0 Å². The van der Waals surface area contributed by atoms with Gasteiger partial charge in [0.15, 0.2) is 0 Å². The average molecular weight is 275 g/mol. The lowest BCUT2D eigenvalue weighted by Crippen LogP contribution is -2.33. The van der Waals surface area contributed by atoms with Gasteiger partial charge in [-0.1, -0.05) is 51.0 Å². The molecule has 0 radical (unpaired) electrons. The van der Waals surface area contributed by atoms with Gasteiger partial charge in [0, 0.05) is 12.6 Å². The second kappa shape index (κ2) is 7.24. The van der Waals surface area contributed by atoms with Crippen LogP contribution in [0.15, 0.2) is 24.3 Å². The first-order valence-corrected chi connectivity index (χ1v) is 8.03. The Morgan fingerprint density at radius 3 is 2.30 bits per heavy atom. The maximum absolute atomic E-state index is 10.4. The number of rotatable bonds is 6. The third-order valence-electron chi connectivity index (χ3n) is 4.42. The third kappa shape index (κ3) is 4.32. The van der Waals surface area contributed by atoms with Gasteiger partial charge in [-0.2, -0.15) is 0 Å². The highest BCUT2D eigenvalue weighted by Gasteiger charge is 2.21. The predicted molar refractivity (Wildman–Crippen MR) is 84.8 cm³/mol. The van der Waals surface area contributed by atoms with Crippen molar-refractivity contribution in [3.05, 3.63) is 35.4 Å². The second-order valence-electron chi connectivity index (χ2n) is 6.73. The lowest BCUT2D eigenvalue weighted by molar-refractivity contribution is 0.105. The zero-order chi connectivity index (χ0) is 14.5. The van der Waals surface area contributed by atoms with E-state index in [9.17, 15) is 5.11 Å². The topological polar surface area (TPSA) is 23.5 Å². The SMILES string of the molecule is CC(C)Cc1ccc(C(O)CN(C)C2CCCC2)cc1. The standard InChI is InChI=1S/C18H29NO/c1-14(2)12-15-8-10-16(11-9-15)18(20)13-19(3)17-6-4-5-7-17/h8-11,14,17-18,20H,4-7,12-13H2,1-3H3. The Morgan fingerprint density at radius 1 is 1.15 bits per heavy atom. The van der Waals surface area contributed by atoms with Crippen molar-refractivity contribution < 1.29 is 5.11 Å². The van der Waals surface area contributed by atoms with Crippen LogP contribution < -0.4 is 0 Å². The van der Waals surface area contributed by atoms with Crippen LogP contribution in [-0.4, -0.2) is 29.6 Å². The van der Waals surface area contributed by atoms with E-state index in [1.165, 1.54) is 31.2 Å². The van der Waals surface area contributed by atoms with Gasteiger partial charge in [0.05, 0.1) is 6.10 Å². The van der Waals surface area contributed by atoms with Gasteiger partial charge < -0.3 is 10.0 Å².